The molecule has 0 amide bonds. The zero-order chi connectivity index (χ0) is 14.3. The number of thioether (sulfide) groups is 1. The van der Waals surface area contributed by atoms with Crippen molar-refractivity contribution >= 4 is 29.0 Å². The van der Waals surface area contributed by atoms with Gasteiger partial charge in [0.1, 0.15) is 0 Å². The SMILES string of the molecule is CSc1nnc2c(=O)n(-c3ccc(C)c(Cl)c3)ccn12. The Balaban J connectivity index is 2.24. The van der Waals surface area contributed by atoms with Crippen LogP contribution >= 0.6 is 23.4 Å². The van der Waals surface area contributed by atoms with E-state index in [9.17, 15) is 4.79 Å². The molecule has 0 aliphatic carbocycles. The van der Waals surface area contributed by atoms with E-state index in [4.69, 9.17) is 11.6 Å². The number of halogens is 1. The van der Waals surface area contributed by atoms with Crippen LogP contribution in [-0.2, 0) is 0 Å². The molecule has 0 fully saturated rings. The molecule has 0 saturated heterocycles. The van der Waals surface area contributed by atoms with Gasteiger partial charge in [-0.2, -0.15) is 0 Å². The Bertz CT molecular complexity index is 855. The van der Waals surface area contributed by atoms with Crippen LogP contribution in [0.3, 0.4) is 0 Å². The van der Waals surface area contributed by atoms with E-state index in [-0.39, 0.29) is 5.56 Å². The predicted octanol–water partition coefficient (Wildman–Crippen LogP) is 2.56. The monoisotopic (exact) mass is 306 g/mol. The fourth-order valence-electron chi connectivity index (χ4n) is 1.94. The highest BCUT2D eigenvalue weighted by Crippen LogP contribution is 2.19. The number of fused-ring (bicyclic) bond motifs is 1. The summed E-state index contributed by atoms with van der Waals surface area (Å²) >= 11 is 7.55. The van der Waals surface area contributed by atoms with E-state index in [1.165, 1.54) is 16.3 Å². The van der Waals surface area contributed by atoms with Crippen LogP contribution in [-0.4, -0.2) is 25.4 Å². The molecule has 5 nitrogen and oxygen atoms in total. The molecule has 0 spiro atoms. The molecule has 20 heavy (non-hydrogen) atoms. The van der Waals surface area contributed by atoms with Gasteiger partial charge in [-0.3, -0.25) is 13.8 Å². The van der Waals surface area contributed by atoms with Crippen molar-refractivity contribution in [1.29, 1.82) is 0 Å². The van der Waals surface area contributed by atoms with Gasteiger partial charge < -0.3 is 0 Å². The number of aryl methyl sites for hydroxylation is 1. The number of nitrogens with zero attached hydrogens (tertiary/aromatic N) is 4. The minimum Gasteiger partial charge on any atom is -0.280 e. The van der Waals surface area contributed by atoms with Crippen LogP contribution in [0, 0.1) is 6.92 Å². The molecule has 7 heteroatoms. The van der Waals surface area contributed by atoms with Crippen molar-refractivity contribution in [1.82, 2.24) is 19.2 Å². The van der Waals surface area contributed by atoms with Crippen molar-refractivity contribution in [3.05, 3.63) is 51.5 Å². The average molecular weight is 307 g/mol. The topological polar surface area (TPSA) is 52.2 Å². The van der Waals surface area contributed by atoms with Gasteiger partial charge in [-0.1, -0.05) is 29.4 Å². The van der Waals surface area contributed by atoms with Crippen molar-refractivity contribution in [2.24, 2.45) is 0 Å². The molecule has 0 aliphatic rings. The van der Waals surface area contributed by atoms with Gasteiger partial charge in [-0.05, 0) is 30.9 Å². The second kappa shape index (κ2) is 4.96. The maximum absolute atomic E-state index is 12.4. The molecule has 2 heterocycles. The zero-order valence-corrected chi connectivity index (χ0v) is 12.4. The summed E-state index contributed by atoms with van der Waals surface area (Å²) in [6.45, 7) is 1.92. The minimum absolute atomic E-state index is 0.222. The maximum atomic E-state index is 12.4. The molecule has 1 aromatic carbocycles. The van der Waals surface area contributed by atoms with Gasteiger partial charge in [-0.25, -0.2) is 0 Å². The first kappa shape index (κ1) is 13.2. The van der Waals surface area contributed by atoms with Crippen LogP contribution < -0.4 is 5.56 Å². The Kier molecular flexibility index (Phi) is 3.27. The summed E-state index contributed by atoms with van der Waals surface area (Å²) < 4.78 is 3.19. The molecular weight excluding hydrogens is 296 g/mol. The Hall–Kier alpha value is -1.79. The lowest BCUT2D eigenvalue weighted by atomic mass is 10.2. The Morgan fingerprint density at radius 2 is 2.05 bits per heavy atom. The molecular formula is C13H11ClN4OS. The molecule has 3 rings (SSSR count). The molecule has 102 valence electrons. The summed E-state index contributed by atoms with van der Waals surface area (Å²) in [7, 11) is 0. The van der Waals surface area contributed by atoms with Crippen molar-refractivity contribution in [2.45, 2.75) is 12.1 Å². The molecule has 0 radical (unpaired) electrons. The van der Waals surface area contributed by atoms with Crippen molar-refractivity contribution in [3.63, 3.8) is 0 Å². The lowest BCUT2D eigenvalue weighted by Gasteiger charge is -2.07. The van der Waals surface area contributed by atoms with Gasteiger partial charge in [0.2, 0.25) is 5.65 Å². The summed E-state index contributed by atoms with van der Waals surface area (Å²) in [4.78, 5) is 12.4. The average Bonchev–Trinajstić information content (AvgIpc) is 2.86. The Labute approximate surface area is 124 Å². The minimum atomic E-state index is -0.222. The first-order valence-electron chi connectivity index (χ1n) is 5.88. The van der Waals surface area contributed by atoms with Crippen LogP contribution in [0.1, 0.15) is 5.56 Å². The molecule has 0 aliphatic heterocycles. The Morgan fingerprint density at radius 3 is 2.75 bits per heavy atom. The van der Waals surface area contributed by atoms with Gasteiger partial charge in [0.25, 0.3) is 0 Å². The van der Waals surface area contributed by atoms with Crippen LogP contribution in [0.4, 0.5) is 0 Å². The highest BCUT2D eigenvalue weighted by molar-refractivity contribution is 7.98. The van der Waals surface area contributed by atoms with Gasteiger partial charge in [0.15, 0.2) is 5.16 Å². The van der Waals surface area contributed by atoms with E-state index in [0.717, 1.165) is 5.56 Å². The van der Waals surface area contributed by atoms with Gasteiger partial charge in [-0.15, -0.1) is 10.2 Å². The summed E-state index contributed by atoms with van der Waals surface area (Å²) in [5, 5.41) is 9.23. The fourth-order valence-corrected chi connectivity index (χ4v) is 2.58. The second-order valence-electron chi connectivity index (χ2n) is 4.29. The largest absolute Gasteiger partial charge is 0.300 e. The lowest BCUT2D eigenvalue weighted by Crippen LogP contribution is -2.20. The van der Waals surface area contributed by atoms with Gasteiger partial charge >= 0.3 is 5.56 Å². The van der Waals surface area contributed by atoms with E-state index in [1.807, 2.05) is 25.3 Å². The van der Waals surface area contributed by atoms with Crippen LogP contribution in [0.25, 0.3) is 11.3 Å². The summed E-state index contributed by atoms with van der Waals surface area (Å²) in [6, 6.07) is 5.50. The van der Waals surface area contributed by atoms with E-state index in [0.29, 0.717) is 21.5 Å². The van der Waals surface area contributed by atoms with Gasteiger partial charge in [0, 0.05) is 17.4 Å². The van der Waals surface area contributed by atoms with Crippen molar-refractivity contribution < 1.29 is 0 Å². The smallest absolute Gasteiger partial charge is 0.280 e. The van der Waals surface area contributed by atoms with Crippen LogP contribution in [0.5, 0.6) is 0 Å². The second-order valence-corrected chi connectivity index (χ2v) is 5.47. The number of benzene rings is 1. The predicted molar refractivity (Wildman–Crippen MR) is 80.1 cm³/mol. The quantitative estimate of drug-likeness (QED) is 0.683. The number of hydrogen-bond donors (Lipinski definition) is 0. The Morgan fingerprint density at radius 1 is 1.25 bits per heavy atom. The van der Waals surface area contributed by atoms with E-state index in [1.54, 1.807) is 22.9 Å². The molecule has 2 aromatic heterocycles. The standard InChI is InChI=1S/C13H11ClN4OS/c1-8-3-4-9(7-10(8)14)17-5-6-18-11(12(17)19)15-16-13(18)20-2/h3-7H,1-2H3. The molecule has 0 saturated carbocycles. The number of rotatable bonds is 2. The third kappa shape index (κ3) is 2.01. The summed E-state index contributed by atoms with van der Waals surface area (Å²) in [5.41, 5.74) is 1.76. The normalized spacial score (nSPS) is 11.2. The first-order valence-corrected chi connectivity index (χ1v) is 7.49. The van der Waals surface area contributed by atoms with Crippen LogP contribution in [0.15, 0.2) is 40.5 Å². The highest BCUT2D eigenvalue weighted by atomic mass is 35.5. The summed E-state index contributed by atoms with van der Waals surface area (Å²) in [5.74, 6) is 0. The molecule has 0 atom stereocenters. The maximum Gasteiger partial charge on any atom is 0.300 e. The highest BCUT2D eigenvalue weighted by Gasteiger charge is 2.11. The van der Waals surface area contributed by atoms with E-state index >= 15 is 0 Å². The molecule has 0 N–H and O–H groups in total. The van der Waals surface area contributed by atoms with E-state index in [2.05, 4.69) is 10.2 Å². The van der Waals surface area contributed by atoms with Crippen LogP contribution in [0.2, 0.25) is 5.02 Å². The fraction of sp³-hybridized carbons (Fsp3) is 0.154. The molecule has 0 unspecified atom stereocenters. The molecule has 3 aromatic rings. The molecule has 0 bridgehead atoms. The third-order valence-electron chi connectivity index (χ3n) is 3.06. The van der Waals surface area contributed by atoms with Gasteiger partial charge in [0.05, 0.1) is 5.69 Å². The lowest BCUT2D eigenvalue weighted by molar-refractivity contribution is 0.895. The summed E-state index contributed by atoms with van der Waals surface area (Å²) in [6.07, 6.45) is 5.36. The first-order chi connectivity index (χ1) is 9.61. The third-order valence-corrected chi connectivity index (χ3v) is 4.11. The van der Waals surface area contributed by atoms with Crippen molar-refractivity contribution in [3.8, 4) is 5.69 Å². The number of aromatic nitrogens is 4. The zero-order valence-electron chi connectivity index (χ0n) is 10.9. The number of hydrogen-bond acceptors (Lipinski definition) is 4. The van der Waals surface area contributed by atoms with E-state index < -0.39 is 0 Å². The van der Waals surface area contributed by atoms with Crippen molar-refractivity contribution in [2.75, 3.05) is 6.26 Å².